The second kappa shape index (κ2) is 10.0. The van der Waals surface area contributed by atoms with E-state index in [1.807, 2.05) is 37.3 Å². The summed E-state index contributed by atoms with van der Waals surface area (Å²) in [6, 6.07) is 14.2. The predicted molar refractivity (Wildman–Crippen MR) is 124 cm³/mol. The zero-order valence-electron chi connectivity index (χ0n) is 19.1. The van der Waals surface area contributed by atoms with Gasteiger partial charge in [0.05, 0.1) is 13.2 Å². The van der Waals surface area contributed by atoms with Gasteiger partial charge in [-0.3, -0.25) is 4.79 Å². The van der Waals surface area contributed by atoms with E-state index in [9.17, 15) is 18.3 Å². The van der Waals surface area contributed by atoms with E-state index in [1.165, 1.54) is 4.31 Å². The molecule has 174 valence electrons. The van der Waals surface area contributed by atoms with Gasteiger partial charge in [-0.05, 0) is 30.2 Å². The third-order valence-corrected chi connectivity index (χ3v) is 7.98. The average molecular weight is 461 g/mol. The van der Waals surface area contributed by atoms with E-state index in [-0.39, 0.29) is 35.6 Å². The molecule has 3 rings (SSSR count). The molecule has 1 aliphatic rings. The van der Waals surface area contributed by atoms with Crippen LogP contribution in [-0.4, -0.2) is 67.5 Å². The number of fused-ring (bicyclic) bond motifs is 1. The Balaban J connectivity index is 2.11. The van der Waals surface area contributed by atoms with Gasteiger partial charge in [-0.25, -0.2) is 8.42 Å². The molecule has 8 heteroatoms. The summed E-state index contributed by atoms with van der Waals surface area (Å²) >= 11 is 0. The number of sulfonamides is 1. The highest BCUT2D eigenvalue weighted by molar-refractivity contribution is 7.89. The highest BCUT2D eigenvalue weighted by Gasteiger charge is 2.38. The molecule has 0 fully saturated rings. The molecule has 1 aliphatic heterocycles. The molecule has 0 radical (unpaired) electrons. The van der Waals surface area contributed by atoms with Crippen LogP contribution in [0.3, 0.4) is 0 Å². The van der Waals surface area contributed by atoms with Gasteiger partial charge in [-0.1, -0.05) is 50.2 Å². The lowest BCUT2D eigenvalue weighted by Crippen LogP contribution is -2.50. The Kier molecular flexibility index (Phi) is 7.59. The monoisotopic (exact) mass is 460 g/mol. The molecule has 1 heterocycles. The normalized spacial score (nSPS) is 21.5. The summed E-state index contributed by atoms with van der Waals surface area (Å²) in [6.45, 7) is 5.64. The zero-order valence-corrected chi connectivity index (χ0v) is 19.9. The van der Waals surface area contributed by atoms with Crippen molar-refractivity contribution in [2.24, 2.45) is 5.92 Å². The van der Waals surface area contributed by atoms with Crippen LogP contribution in [0.2, 0.25) is 0 Å². The molecule has 0 saturated heterocycles. The summed E-state index contributed by atoms with van der Waals surface area (Å²) in [5.41, 5.74) is 1.79. The number of likely N-dealkylation sites (N-methyl/N-ethyl adjacent to an activating group) is 1. The minimum Gasteiger partial charge on any atom is -0.487 e. The van der Waals surface area contributed by atoms with Crippen molar-refractivity contribution in [1.29, 1.82) is 0 Å². The molecule has 0 unspecified atom stereocenters. The van der Waals surface area contributed by atoms with Crippen molar-refractivity contribution >= 4 is 15.9 Å². The zero-order chi connectivity index (χ0) is 23.5. The molecule has 3 atom stereocenters. The number of carbonyl (C=O) groups is 1. The van der Waals surface area contributed by atoms with E-state index in [4.69, 9.17) is 4.74 Å². The Morgan fingerprint density at radius 2 is 1.91 bits per heavy atom. The summed E-state index contributed by atoms with van der Waals surface area (Å²) in [5, 5.41) is 9.73. The summed E-state index contributed by atoms with van der Waals surface area (Å²) in [6.07, 6.45) is -0.0295. The van der Waals surface area contributed by atoms with Crippen LogP contribution < -0.4 is 4.74 Å². The first kappa shape index (κ1) is 24.2. The largest absolute Gasteiger partial charge is 0.487 e. The van der Waals surface area contributed by atoms with Crippen LogP contribution in [0, 0.1) is 5.92 Å². The number of carbonyl (C=O) groups excluding carboxylic acids is 1. The average Bonchev–Trinajstić information content (AvgIpc) is 2.80. The molecule has 32 heavy (non-hydrogen) atoms. The van der Waals surface area contributed by atoms with Crippen LogP contribution in [-0.2, 0) is 14.8 Å². The minimum absolute atomic E-state index is 0.00526. The second-order valence-electron chi connectivity index (χ2n) is 8.40. The highest BCUT2D eigenvalue weighted by atomic mass is 32.2. The Morgan fingerprint density at radius 1 is 1.22 bits per heavy atom. The number of amides is 1. The van der Waals surface area contributed by atoms with Gasteiger partial charge in [0.2, 0.25) is 15.9 Å². The Labute approximate surface area is 190 Å². The third kappa shape index (κ3) is 4.98. The minimum atomic E-state index is -3.89. The van der Waals surface area contributed by atoms with Gasteiger partial charge in [-0.15, -0.1) is 0 Å². The quantitative estimate of drug-likeness (QED) is 0.716. The first-order chi connectivity index (χ1) is 15.2. The maximum atomic E-state index is 13.5. The first-order valence-corrected chi connectivity index (χ1v) is 12.4. The number of aliphatic hydroxyl groups excluding tert-OH is 1. The van der Waals surface area contributed by atoms with Gasteiger partial charge in [0.15, 0.2) is 0 Å². The van der Waals surface area contributed by atoms with Crippen LogP contribution in [0.25, 0.3) is 11.1 Å². The number of aliphatic hydroxyl groups is 1. The van der Waals surface area contributed by atoms with Crippen molar-refractivity contribution in [3.8, 4) is 16.9 Å². The maximum absolute atomic E-state index is 13.5. The SMILES string of the molecule is CCC(=O)N(C)C[C@H]1Oc2cc(-c3ccccc3)ccc2S(=O)(=O)N([C@@H](C)CO)C[C@@H]1C. The van der Waals surface area contributed by atoms with Gasteiger partial charge in [-0.2, -0.15) is 4.31 Å². The van der Waals surface area contributed by atoms with Crippen LogP contribution in [0.15, 0.2) is 53.4 Å². The predicted octanol–water partition coefficient (Wildman–Crippen LogP) is 2.99. The van der Waals surface area contributed by atoms with Gasteiger partial charge in [0.1, 0.15) is 16.7 Å². The Bertz CT molecular complexity index is 1040. The van der Waals surface area contributed by atoms with E-state index in [0.717, 1.165) is 11.1 Å². The molecule has 7 nitrogen and oxygen atoms in total. The number of ether oxygens (including phenoxy) is 1. The lowest BCUT2D eigenvalue weighted by atomic mass is 10.0. The van der Waals surface area contributed by atoms with E-state index in [2.05, 4.69) is 0 Å². The van der Waals surface area contributed by atoms with Crippen molar-refractivity contribution in [2.45, 2.75) is 44.2 Å². The smallest absolute Gasteiger partial charge is 0.247 e. The van der Waals surface area contributed by atoms with E-state index in [1.54, 1.807) is 44.0 Å². The van der Waals surface area contributed by atoms with Gasteiger partial charge < -0.3 is 14.7 Å². The van der Waals surface area contributed by atoms with Crippen LogP contribution in [0.1, 0.15) is 27.2 Å². The Morgan fingerprint density at radius 3 is 2.53 bits per heavy atom. The van der Waals surface area contributed by atoms with Crippen molar-refractivity contribution in [1.82, 2.24) is 9.21 Å². The van der Waals surface area contributed by atoms with Crippen molar-refractivity contribution in [3.05, 3.63) is 48.5 Å². The fourth-order valence-electron chi connectivity index (χ4n) is 3.90. The van der Waals surface area contributed by atoms with Gasteiger partial charge in [0.25, 0.3) is 0 Å². The van der Waals surface area contributed by atoms with Gasteiger partial charge >= 0.3 is 0 Å². The fourth-order valence-corrected chi connectivity index (χ4v) is 5.72. The van der Waals surface area contributed by atoms with E-state index in [0.29, 0.717) is 13.0 Å². The number of hydrogen-bond acceptors (Lipinski definition) is 5. The first-order valence-electron chi connectivity index (χ1n) is 10.9. The van der Waals surface area contributed by atoms with Crippen LogP contribution in [0.4, 0.5) is 0 Å². The molecular weight excluding hydrogens is 428 g/mol. The molecule has 0 aromatic heterocycles. The van der Waals surface area contributed by atoms with Crippen LogP contribution in [0.5, 0.6) is 5.75 Å². The standard InChI is InChI=1S/C24H32N2O5S/c1-5-24(28)25(4)15-22-17(2)14-26(18(3)16-27)32(29,30)23-12-11-20(13-21(23)31-22)19-9-7-6-8-10-19/h6-13,17-18,22,27H,5,14-16H2,1-4H3/t17-,18-,22+/m0/s1. The lowest BCUT2D eigenvalue weighted by Gasteiger charge is -2.37. The summed E-state index contributed by atoms with van der Waals surface area (Å²) in [7, 11) is -2.16. The summed E-state index contributed by atoms with van der Waals surface area (Å²) < 4.78 is 34.7. The lowest BCUT2D eigenvalue weighted by molar-refractivity contribution is -0.131. The van der Waals surface area contributed by atoms with Crippen molar-refractivity contribution < 1.29 is 23.1 Å². The Hall–Kier alpha value is -2.42. The number of hydrogen-bond donors (Lipinski definition) is 1. The number of benzene rings is 2. The van der Waals surface area contributed by atoms with E-state index >= 15 is 0 Å². The molecule has 0 saturated carbocycles. The third-order valence-electron chi connectivity index (χ3n) is 5.96. The molecule has 0 bridgehead atoms. The van der Waals surface area contributed by atoms with Crippen molar-refractivity contribution in [3.63, 3.8) is 0 Å². The molecule has 2 aromatic carbocycles. The maximum Gasteiger partial charge on any atom is 0.247 e. The fraction of sp³-hybridized carbons (Fsp3) is 0.458. The van der Waals surface area contributed by atoms with Gasteiger partial charge in [0, 0.05) is 32.0 Å². The number of rotatable bonds is 6. The highest BCUT2D eigenvalue weighted by Crippen LogP contribution is 2.36. The molecule has 2 aromatic rings. The molecule has 1 amide bonds. The van der Waals surface area contributed by atoms with Crippen LogP contribution >= 0.6 is 0 Å². The molecule has 1 N–H and O–H groups in total. The topological polar surface area (TPSA) is 87.2 Å². The van der Waals surface area contributed by atoms with Crippen molar-refractivity contribution in [2.75, 3.05) is 26.7 Å². The molecular formula is C24H32N2O5S. The molecule has 0 spiro atoms. The molecule has 0 aliphatic carbocycles. The summed E-state index contributed by atoms with van der Waals surface area (Å²) in [5.74, 6) is 0.0455. The van der Waals surface area contributed by atoms with E-state index < -0.39 is 22.2 Å². The summed E-state index contributed by atoms with van der Waals surface area (Å²) in [4.78, 5) is 13.9. The second-order valence-corrected chi connectivity index (χ2v) is 10.3. The number of nitrogens with zero attached hydrogens (tertiary/aromatic N) is 2.